The number of thioether (sulfide) groups is 1. The zero-order chi connectivity index (χ0) is 13.5. The molecule has 2 N–H and O–H groups in total. The van der Waals surface area contributed by atoms with Crippen molar-refractivity contribution in [3.8, 4) is 11.4 Å². The Balaban J connectivity index is 1.95. The third-order valence-corrected chi connectivity index (χ3v) is 3.53. The van der Waals surface area contributed by atoms with E-state index in [-0.39, 0.29) is 0 Å². The summed E-state index contributed by atoms with van der Waals surface area (Å²) in [4.78, 5) is 8.99. The lowest BCUT2D eigenvalue weighted by Crippen LogP contribution is -2.18. The molecule has 4 nitrogen and oxygen atoms in total. The largest absolute Gasteiger partial charge is 0.383 e. The zero-order valence-electron chi connectivity index (χ0n) is 11.3. The Morgan fingerprint density at radius 1 is 1.32 bits per heavy atom. The molecule has 0 fully saturated rings. The number of hydrogen-bond donors (Lipinski definition) is 2. The summed E-state index contributed by atoms with van der Waals surface area (Å²) in [6.45, 7) is 2.34. The molecule has 0 aliphatic carbocycles. The van der Waals surface area contributed by atoms with Crippen molar-refractivity contribution in [2.45, 2.75) is 11.4 Å². The fraction of sp³-hybridized carbons (Fsp3) is 0.357. The minimum absolute atomic E-state index is 0.719. The van der Waals surface area contributed by atoms with Crippen LogP contribution in [0.25, 0.3) is 11.4 Å². The number of nitrogens with one attached hydrogen (secondary N) is 2. The Morgan fingerprint density at radius 2 is 2.11 bits per heavy atom. The maximum Gasteiger partial charge on any atom is 0.137 e. The van der Waals surface area contributed by atoms with Crippen molar-refractivity contribution in [3.63, 3.8) is 0 Å². The molecule has 1 aromatic carbocycles. The molecule has 0 atom stereocenters. The van der Waals surface area contributed by atoms with Gasteiger partial charge < -0.3 is 15.0 Å². The van der Waals surface area contributed by atoms with E-state index in [2.05, 4.69) is 45.8 Å². The molecule has 5 heteroatoms. The number of ether oxygens (including phenoxy) is 1. The number of hydrogen-bond acceptors (Lipinski definition) is 4. The van der Waals surface area contributed by atoms with E-state index in [9.17, 15) is 0 Å². The molecule has 0 spiro atoms. The number of nitrogens with zero attached hydrogens (tertiary/aromatic N) is 1. The van der Waals surface area contributed by atoms with Gasteiger partial charge in [0, 0.05) is 42.5 Å². The van der Waals surface area contributed by atoms with Gasteiger partial charge in [-0.05, 0) is 18.4 Å². The van der Waals surface area contributed by atoms with Gasteiger partial charge in [-0.25, -0.2) is 4.98 Å². The average molecular weight is 277 g/mol. The van der Waals surface area contributed by atoms with Crippen molar-refractivity contribution >= 4 is 11.8 Å². The number of rotatable bonds is 7. The highest BCUT2D eigenvalue weighted by Gasteiger charge is 2.03. The Labute approximate surface area is 118 Å². The van der Waals surface area contributed by atoms with E-state index < -0.39 is 0 Å². The number of imidazole rings is 1. The maximum absolute atomic E-state index is 4.99. The first-order chi connectivity index (χ1) is 9.33. The molecule has 0 amide bonds. The van der Waals surface area contributed by atoms with Crippen molar-refractivity contribution in [2.24, 2.45) is 0 Å². The van der Waals surface area contributed by atoms with Crippen molar-refractivity contribution in [2.75, 3.05) is 26.5 Å². The molecular formula is C14H19N3OS. The molecule has 0 aliphatic rings. The lowest BCUT2D eigenvalue weighted by Gasteiger charge is -2.01. The lowest BCUT2D eigenvalue weighted by atomic mass is 10.2. The van der Waals surface area contributed by atoms with Gasteiger partial charge in [0.05, 0.1) is 6.61 Å². The van der Waals surface area contributed by atoms with Crippen LogP contribution in [0.4, 0.5) is 0 Å². The third kappa shape index (κ3) is 4.09. The van der Waals surface area contributed by atoms with Gasteiger partial charge in [-0.2, -0.15) is 0 Å². The van der Waals surface area contributed by atoms with Crippen LogP contribution in [-0.2, 0) is 11.3 Å². The Morgan fingerprint density at radius 3 is 2.79 bits per heavy atom. The first-order valence-electron chi connectivity index (χ1n) is 6.21. The number of methoxy groups -OCH3 is 1. The highest BCUT2D eigenvalue weighted by Crippen LogP contribution is 2.20. The number of H-pyrrole nitrogens is 1. The van der Waals surface area contributed by atoms with Gasteiger partial charge >= 0.3 is 0 Å². The predicted octanol–water partition coefficient (Wildman–Crippen LogP) is 2.53. The topological polar surface area (TPSA) is 49.9 Å². The monoisotopic (exact) mass is 277 g/mol. The fourth-order valence-electron chi connectivity index (χ4n) is 1.74. The lowest BCUT2D eigenvalue weighted by molar-refractivity contribution is 0.199. The van der Waals surface area contributed by atoms with Gasteiger partial charge in [0.25, 0.3) is 0 Å². The van der Waals surface area contributed by atoms with Gasteiger partial charge in [-0.3, -0.25) is 0 Å². The molecule has 0 unspecified atom stereocenters. The number of aromatic nitrogens is 2. The minimum atomic E-state index is 0.719. The molecule has 2 aromatic rings. The predicted molar refractivity (Wildman–Crippen MR) is 79.4 cm³/mol. The molecule has 102 valence electrons. The van der Waals surface area contributed by atoms with Crippen LogP contribution in [0.3, 0.4) is 0 Å². The second-order valence-corrected chi connectivity index (χ2v) is 5.03. The first kappa shape index (κ1) is 14.1. The smallest absolute Gasteiger partial charge is 0.137 e. The summed E-state index contributed by atoms with van der Waals surface area (Å²) in [6, 6.07) is 8.40. The van der Waals surface area contributed by atoms with Gasteiger partial charge in [-0.1, -0.05) is 12.1 Å². The summed E-state index contributed by atoms with van der Waals surface area (Å²) >= 11 is 1.74. The highest BCUT2D eigenvalue weighted by atomic mass is 32.2. The fourth-order valence-corrected chi connectivity index (χ4v) is 2.15. The summed E-state index contributed by atoms with van der Waals surface area (Å²) in [5.74, 6) is 0.913. The van der Waals surface area contributed by atoms with E-state index >= 15 is 0 Å². The van der Waals surface area contributed by atoms with E-state index in [4.69, 9.17) is 4.74 Å². The standard InChI is InChI=1S/C14H19N3OS/c1-18-8-7-15-9-12-10-16-14(17-12)11-3-5-13(19-2)6-4-11/h3-6,10,15H,7-9H2,1-2H3,(H,16,17). The Bertz CT molecular complexity index is 496. The summed E-state index contributed by atoms with van der Waals surface area (Å²) in [7, 11) is 1.70. The summed E-state index contributed by atoms with van der Waals surface area (Å²) in [6.07, 6.45) is 3.95. The van der Waals surface area contributed by atoms with Gasteiger partial charge in [0.2, 0.25) is 0 Å². The molecule has 2 rings (SSSR count). The van der Waals surface area contributed by atoms with Crippen LogP contribution in [0.5, 0.6) is 0 Å². The van der Waals surface area contributed by atoms with Crippen LogP contribution in [0, 0.1) is 0 Å². The molecule has 0 saturated heterocycles. The molecule has 1 heterocycles. The second kappa shape index (κ2) is 7.33. The van der Waals surface area contributed by atoms with Crippen LogP contribution < -0.4 is 5.32 Å². The molecule has 1 aromatic heterocycles. The van der Waals surface area contributed by atoms with Crippen molar-refractivity contribution in [1.29, 1.82) is 0 Å². The first-order valence-corrected chi connectivity index (χ1v) is 7.44. The number of benzene rings is 1. The Kier molecular flexibility index (Phi) is 5.44. The van der Waals surface area contributed by atoms with Crippen LogP contribution in [0.1, 0.15) is 5.69 Å². The van der Waals surface area contributed by atoms with E-state index in [1.54, 1.807) is 18.9 Å². The summed E-state index contributed by atoms with van der Waals surface area (Å²) in [5.41, 5.74) is 2.20. The van der Waals surface area contributed by atoms with Gasteiger partial charge in [0.15, 0.2) is 0 Å². The molecule has 0 aliphatic heterocycles. The highest BCUT2D eigenvalue weighted by molar-refractivity contribution is 7.98. The van der Waals surface area contributed by atoms with Crippen LogP contribution in [0.2, 0.25) is 0 Å². The molecule has 19 heavy (non-hydrogen) atoms. The summed E-state index contributed by atoms with van der Waals surface area (Å²) in [5, 5.41) is 3.29. The van der Waals surface area contributed by atoms with E-state index in [1.807, 2.05) is 6.20 Å². The second-order valence-electron chi connectivity index (χ2n) is 4.16. The minimum Gasteiger partial charge on any atom is -0.383 e. The van der Waals surface area contributed by atoms with Gasteiger partial charge in [0.1, 0.15) is 5.82 Å². The summed E-state index contributed by atoms with van der Waals surface area (Å²) < 4.78 is 4.99. The quantitative estimate of drug-likeness (QED) is 0.603. The van der Waals surface area contributed by atoms with Crippen LogP contribution in [0.15, 0.2) is 35.4 Å². The molecule has 0 bridgehead atoms. The van der Waals surface area contributed by atoms with Crippen LogP contribution >= 0.6 is 11.8 Å². The third-order valence-electron chi connectivity index (χ3n) is 2.79. The van der Waals surface area contributed by atoms with E-state index in [1.165, 1.54) is 4.90 Å². The number of aromatic amines is 1. The maximum atomic E-state index is 4.99. The normalized spacial score (nSPS) is 10.8. The molecule has 0 radical (unpaired) electrons. The average Bonchev–Trinajstić information content (AvgIpc) is 2.92. The van der Waals surface area contributed by atoms with E-state index in [0.717, 1.165) is 36.8 Å². The van der Waals surface area contributed by atoms with Crippen molar-refractivity contribution in [1.82, 2.24) is 15.3 Å². The van der Waals surface area contributed by atoms with Crippen molar-refractivity contribution < 1.29 is 4.74 Å². The van der Waals surface area contributed by atoms with E-state index in [0.29, 0.717) is 0 Å². The van der Waals surface area contributed by atoms with Crippen LogP contribution in [-0.4, -0.2) is 36.5 Å². The zero-order valence-corrected chi connectivity index (χ0v) is 12.1. The molecule has 0 saturated carbocycles. The van der Waals surface area contributed by atoms with Crippen molar-refractivity contribution in [3.05, 3.63) is 36.2 Å². The SMILES string of the molecule is COCCNCc1cnc(-c2ccc(SC)cc2)[nH]1. The Hall–Kier alpha value is -1.30. The molecular weight excluding hydrogens is 258 g/mol. The van der Waals surface area contributed by atoms with Gasteiger partial charge in [-0.15, -0.1) is 11.8 Å².